The number of aromatic nitrogens is 3. The molecule has 0 aliphatic carbocycles. The molecule has 4 heteroatoms. The molecule has 2 heterocycles. The summed E-state index contributed by atoms with van der Waals surface area (Å²) in [6.07, 6.45) is 0. The molecule has 0 radical (unpaired) electrons. The van der Waals surface area contributed by atoms with Crippen molar-refractivity contribution in [2.24, 2.45) is 0 Å². The van der Waals surface area contributed by atoms with Crippen molar-refractivity contribution in [1.82, 2.24) is 15.0 Å². The van der Waals surface area contributed by atoms with Gasteiger partial charge in [0.15, 0.2) is 17.5 Å². The smallest absolute Gasteiger partial charge is 0.164 e. The molecule has 0 fully saturated rings. The van der Waals surface area contributed by atoms with E-state index >= 15 is 0 Å². The Bertz CT molecular complexity index is 3320. The van der Waals surface area contributed by atoms with E-state index in [1.54, 1.807) is 0 Å². The molecule has 11 aromatic rings. The number of hydrogen-bond acceptors (Lipinski definition) is 4. The first-order chi connectivity index (χ1) is 30.2. The molecule has 0 bridgehead atoms. The van der Waals surface area contributed by atoms with Gasteiger partial charge in [0.1, 0.15) is 0 Å². The predicted octanol–water partition coefficient (Wildman–Crippen LogP) is 15.6. The molecule has 61 heavy (non-hydrogen) atoms. The Morgan fingerprint density at radius 1 is 0.230 bits per heavy atom. The summed E-state index contributed by atoms with van der Waals surface area (Å²) in [5.41, 5.74) is 14.4. The Hall–Kier alpha value is -7.79. The van der Waals surface area contributed by atoms with Crippen LogP contribution in [0, 0.1) is 0 Å². The molecule has 0 aliphatic heterocycles. The molecule has 286 valence electrons. The molecular formula is C57H37N3S. The largest absolute Gasteiger partial charge is 0.208 e. The lowest BCUT2D eigenvalue weighted by Crippen LogP contribution is -2.01. The molecule has 0 unspecified atom stereocenters. The van der Waals surface area contributed by atoms with Crippen LogP contribution in [0.2, 0.25) is 0 Å². The van der Waals surface area contributed by atoms with Crippen molar-refractivity contribution in [1.29, 1.82) is 0 Å². The molecule has 0 spiro atoms. The number of nitrogens with zero attached hydrogens (tertiary/aromatic N) is 3. The van der Waals surface area contributed by atoms with Crippen molar-refractivity contribution in [3.8, 4) is 89.8 Å². The van der Waals surface area contributed by atoms with Crippen LogP contribution in [0.3, 0.4) is 0 Å². The van der Waals surface area contributed by atoms with Crippen molar-refractivity contribution >= 4 is 31.5 Å². The number of thiophene rings is 1. The van der Waals surface area contributed by atoms with Gasteiger partial charge in [-0.15, -0.1) is 11.3 Å². The van der Waals surface area contributed by atoms with Crippen LogP contribution >= 0.6 is 11.3 Å². The highest BCUT2D eigenvalue weighted by molar-refractivity contribution is 7.25. The summed E-state index contributed by atoms with van der Waals surface area (Å²) in [5, 5.41) is 2.64. The fourth-order valence-corrected chi connectivity index (χ4v) is 9.28. The lowest BCUT2D eigenvalue weighted by molar-refractivity contribution is 1.07. The Morgan fingerprint density at radius 2 is 0.623 bits per heavy atom. The van der Waals surface area contributed by atoms with E-state index in [2.05, 4.69) is 206 Å². The lowest BCUT2D eigenvalue weighted by atomic mass is 9.96. The van der Waals surface area contributed by atoms with Gasteiger partial charge in [-0.25, -0.2) is 15.0 Å². The van der Waals surface area contributed by atoms with Crippen molar-refractivity contribution in [3.63, 3.8) is 0 Å². The van der Waals surface area contributed by atoms with Crippen molar-refractivity contribution < 1.29 is 0 Å². The second-order valence-corrected chi connectivity index (χ2v) is 16.3. The van der Waals surface area contributed by atoms with Gasteiger partial charge in [-0.1, -0.05) is 200 Å². The van der Waals surface area contributed by atoms with Gasteiger partial charge >= 0.3 is 0 Å². The van der Waals surface area contributed by atoms with Gasteiger partial charge in [0.25, 0.3) is 0 Å². The summed E-state index contributed by atoms with van der Waals surface area (Å²) in [7, 11) is 0. The first kappa shape index (κ1) is 36.3. The van der Waals surface area contributed by atoms with Crippen molar-refractivity contribution in [2.45, 2.75) is 0 Å². The normalized spacial score (nSPS) is 11.3. The third-order valence-corrected chi connectivity index (χ3v) is 12.6. The minimum Gasteiger partial charge on any atom is -0.208 e. The van der Waals surface area contributed by atoms with Gasteiger partial charge in [-0.3, -0.25) is 0 Å². The highest BCUT2D eigenvalue weighted by Gasteiger charge is 2.16. The first-order valence-electron chi connectivity index (χ1n) is 20.5. The van der Waals surface area contributed by atoms with E-state index in [0.29, 0.717) is 17.5 Å². The quantitative estimate of drug-likeness (QED) is 0.154. The number of fused-ring (bicyclic) bond motifs is 3. The molecule has 0 N–H and O–H groups in total. The molecule has 3 nitrogen and oxygen atoms in total. The fraction of sp³-hybridized carbons (Fsp3) is 0. The summed E-state index contributed by atoms with van der Waals surface area (Å²) in [5.74, 6) is 1.89. The Balaban J connectivity index is 0.904. The van der Waals surface area contributed by atoms with Gasteiger partial charge in [0, 0.05) is 36.9 Å². The van der Waals surface area contributed by atoms with E-state index in [0.717, 1.165) is 44.5 Å². The summed E-state index contributed by atoms with van der Waals surface area (Å²) in [4.78, 5) is 15.3. The van der Waals surface area contributed by atoms with Gasteiger partial charge in [-0.05, 0) is 79.9 Å². The van der Waals surface area contributed by atoms with E-state index < -0.39 is 0 Å². The summed E-state index contributed by atoms with van der Waals surface area (Å²) in [6, 6.07) is 79.4. The molecule has 0 saturated heterocycles. The monoisotopic (exact) mass is 795 g/mol. The van der Waals surface area contributed by atoms with Crippen LogP contribution in [0.15, 0.2) is 224 Å². The van der Waals surface area contributed by atoms with Crippen molar-refractivity contribution in [2.75, 3.05) is 0 Å². The number of benzene rings is 9. The summed E-state index contributed by atoms with van der Waals surface area (Å²) >= 11 is 1.85. The first-order valence-corrected chi connectivity index (χ1v) is 21.3. The highest BCUT2D eigenvalue weighted by Crippen LogP contribution is 2.38. The van der Waals surface area contributed by atoms with Gasteiger partial charge in [0.05, 0.1) is 0 Å². The third-order valence-electron chi connectivity index (χ3n) is 11.4. The zero-order valence-electron chi connectivity index (χ0n) is 33.1. The Kier molecular flexibility index (Phi) is 9.38. The maximum atomic E-state index is 5.13. The summed E-state index contributed by atoms with van der Waals surface area (Å²) < 4.78 is 2.65. The average Bonchev–Trinajstić information content (AvgIpc) is 3.73. The molecule has 2 aromatic heterocycles. The van der Waals surface area contributed by atoms with E-state index in [4.69, 9.17) is 15.0 Å². The highest BCUT2D eigenvalue weighted by atomic mass is 32.1. The minimum atomic E-state index is 0.628. The molecule has 0 saturated carbocycles. The zero-order chi connectivity index (χ0) is 40.5. The second kappa shape index (κ2) is 15.8. The van der Waals surface area contributed by atoms with Crippen LogP contribution in [0.4, 0.5) is 0 Å². The zero-order valence-corrected chi connectivity index (χ0v) is 33.9. The van der Waals surface area contributed by atoms with Crippen LogP contribution in [0.25, 0.3) is 110 Å². The van der Waals surface area contributed by atoms with E-state index in [1.165, 1.54) is 48.0 Å². The molecule has 0 amide bonds. The molecule has 0 aliphatic rings. The number of hydrogen-bond donors (Lipinski definition) is 0. The van der Waals surface area contributed by atoms with Crippen LogP contribution in [0.5, 0.6) is 0 Å². The lowest BCUT2D eigenvalue weighted by Gasteiger charge is -2.12. The minimum absolute atomic E-state index is 0.628. The fourth-order valence-electron chi connectivity index (χ4n) is 8.20. The molecular weight excluding hydrogens is 759 g/mol. The third kappa shape index (κ3) is 7.20. The van der Waals surface area contributed by atoms with E-state index in [1.807, 2.05) is 29.5 Å². The summed E-state index contributed by atoms with van der Waals surface area (Å²) in [6.45, 7) is 0. The average molecular weight is 796 g/mol. The molecule has 9 aromatic carbocycles. The molecule has 11 rings (SSSR count). The standard InChI is InChI=1S/C57H37N3S/c1-3-12-38(13-4-1)39-26-30-44(31-27-39)55-58-56(60-57(59-55)51-20-8-7-18-49(51)43-14-5-2-6-15-43)45-32-28-41(29-33-45)40-22-24-42(25-23-40)46-16-11-17-47(36-46)48-34-35-54-52(37-48)50-19-9-10-21-53(50)61-54/h1-37H. The Labute approximate surface area is 359 Å². The number of rotatable bonds is 8. The van der Waals surface area contributed by atoms with E-state index in [-0.39, 0.29) is 0 Å². The maximum Gasteiger partial charge on any atom is 0.164 e. The predicted molar refractivity (Wildman–Crippen MR) is 256 cm³/mol. The van der Waals surface area contributed by atoms with Crippen LogP contribution in [-0.4, -0.2) is 15.0 Å². The topological polar surface area (TPSA) is 38.7 Å². The van der Waals surface area contributed by atoms with E-state index in [9.17, 15) is 0 Å². The van der Waals surface area contributed by atoms with Crippen molar-refractivity contribution in [3.05, 3.63) is 224 Å². The SMILES string of the molecule is c1ccc(-c2ccc(-c3nc(-c4ccc(-c5ccc(-c6cccc(-c7ccc8sc9ccccc9c8c7)c6)cc5)cc4)nc(-c4ccccc4-c4ccccc4)n3)cc2)cc1. The molecule has 0 atom stereocenters. The van der Waals surface area contributed by atoms with Crippen LogP contribution < -0.4 is 0 Å². The van der Waals surface area contributed by atoms with Crippen LogP contribution in [-0.2, 0) is 0 Å². The second-order valence-electron chi connectivity index (χ2n) is 15.2. The van der Waals surface area contributed by atoms with Gasteiger partial charge in [0.2, 0.25) is 0 Å². The van der Waals surface area contributed by atoms with Gasteiger partial charge < -0.3 is 0 Å². The van der Waals surface area contributed by atoms with Gasteiger partial charge in [-0.2, -0.15) is 0 Å². The van der Waals surface area contributed by atoms with Crippen LogP contribution in [0.1, 0.15) is 0 Å². The Morgan fingerprint density at radius 3 is 1.25 bits per heavy atom. The maximum absolute atomic E-state index is 5.13.